The molecule has 0 spiro atoms. The Bertz CT molecular complexity index is 451. The molecular weight excluding hydrogens is 261 g/mol. The van der Waals surface area contributed by atoms with Crippen molar-refractivity contribution in [3.05, 3.63) is 29.8 Å². The maximum absolute atomic E-state index is 12.1. The molecule has 0 amide bonds. The number of hydrogen-bond donors (Lipinski definition) is 0. The Kier molecular flexibility index (Phi) is 4.09. The minimum atomic E-state index is -4.75. The molecule has 1 atom stereocenters. The first-order valence-electron chi connectivity index (χ1n) is 5.91. The Balaban J connectivity index is 2.03. The second-order valence-electron chi connectivity index (χ2n) is 4.43. The summed E-state index contributed by atoms with van der Waals surface area (Å²) >= 11 is 0. The van der Waals surface area contributed by atoms with E-state index in [1.54, 1.807) is 0 Å². The van der Waals surface area contributed by atoms with E-state index in [0.29, 0.717) is 13.2 Å². The van der Waals surface area contributed by atoms with Crippen LogP contribution in [0.1, 0.15) is 23.2 Å². The molecule has 1 aromatic rings. The molecule has 1 unspecified atom stereocenters. The number of benzene rings is 1. The molecule has 3 nitrogen and oxygen atoms in total. The summed E-state index contributed by atoms with van der Waals surface area (Å²) in [6.45, 7) is 1.17. The zero-order chi connectivity index (χ0) is 13.9. The first-order chi connectivity index (χ1) is 8.94. The summed E-state index contributed by atoms with van der Waals surface area (Å²) in [6, 6.07) is 5.15. The number of ketones is 1. The number of Topliss-reactive ketones (excluding diaryl/α,β-unsaturated/α-hetero) is 1. The van der Waals surface area contributed by atoms with Crippen LogP contribution in [0.2, 0.25) is 0 Å². The number of alkyl halides is 3. The average Bonchev–Trinajstić information content (AvgIpc) is 2.80. The van der Waals surface area contributed by atoms with Gasteiger partial charge in [-0.05, 0) is 24.5 Å². The van der Waals surface area contributed by atoms with Gasteiger partial charge < -0.3 is 9.47 Å². The zero-order valence-electron chi connectivity index (χ0n) is 10.1. The van der Waals surface area contributed by atoms with E-state index in [2.05, 4.69) is 4.74 Å². The number of carbonyl (C=O) groups excluding carboxylic acids is 1. The highest BCUT2D eigenvalue weighted by Gasteiger charge is 2.31. The van der Waals surface area contributed by atoms with Crippen molar-refractivity contribution in [1.82, 2.24) is 0 Å². The van der Waals surface area contributed by atoms with Gasteiger partial charge in [-0.25, -0.2) is 0 Å². The zero-order valence-corrected chi connectivity index (χ0v) is 10.1. The van der Waals surface area contributed by atoms with Crippen LogP contribution in [0.15, 0.2) is 24.3 Å². The van der Waals surface area contributed by atoms with Crippen molar-refractivity contribution in [3.63, 3.8) is 0 Å². The summed E-state index contributed by atoms with van der Waals surface area (Å²) in [5, 5.41) is 0. The normalized spacial score (nSPS) is 19.4. The van der Waals surface area contributed by atoms with Gasteiger partial charge >= 0.3 is 6.36 Å². The lowest BCUT2D eigenvalue weighted by Gasteiger charge is -2.10. The highest BCUT2D eigenvalue weighted by Crippen LogP contribution is 2.25. The van der Waals surface area contributed by atoms with Gasteiger partial charge in [0.05, 0.1) is 0 Å². The van der Waals surface area contributed by atoms with Gasteiger partial charge in [-0.15, -0.1) is 13.2 Å². The second-order valence-corrected chi connectivity index (χ2v) is 4.43. The van der Waals surface area contributed by atoms with Gasteiger partial charge in [-0.3, -0.25) is 4.79 Å². The third kappa shape index (κ3) is 4.24. The average molecular weight is 274 g/mol. The lowest BCUT2D eigenvalue weighted by Crippen LogP contribution is -2.17. The van der Waals surface area contributed by atoms with Gasteiger partial charge in [0.1, 0.15) is 5.75 Å². The monoisotopic (exact) mass is 274 g/mol. The second kappa shape index (κ2) is 5.61. The predicted octanol–water partition coefficient (Wildman–Crippen LogP) is 3.19. The third-order valence-electron chi connectivity index (χ3n) is 2.89. The summed E-state index contributed by atoms with van der Waals surface area (Å²) in [4.78, 5) is 11.9. The van der Waals surface area contributed by atoms with Crippen LogP contribution in [-0.2, 0) is 4.74 Å². The van der Waals surface area contributed by atoms with Crippen molar-refractivity contribution >= 4 is 5.78 Å². The fourth-order valence-electron chi connectivity index (χ4n) is 1.99. The van der Waals surface area contributed by atoms with Crippen LogP contribution in [0.5, 0.6) is 5.75 Å². The molecule has 0 aliphatic carbocycles. The van der Waals surface area contributed by atoms with Gasteiger partial charge in [-0.2, -0.15) is 0 Å². The largest absolute Gasteiger partial charge is 0.573 e. The molecule has 0 bridgehead atoms. The highest BCUT2D eigenvalue weighted by atomic mass is 19.4. The molecule has 0 radical (unpaired) electrons. The van der Waals surface area contributed by atoms with Crippen LogP contribution in [0.3, 0.4) is 0 Å². The van der Waals surface area contributed by atoms with Crippen LogP contribution in [-0.4, -0.2) is 25.4 Å². The van der Waals surface area contributed by atoms with E-state index in [-0.39, 0.29) is 29.4 Å². The summed E-state index contributed by atoms with van der Waals surface area (Å²) in [6.07, 6.45) is -3.65. The van der Waals surface area contributed by atoms with Gasteiger partial charge in [0.15, 0.2) is 5.78 Å². The van der Waals surface area contributed by atoms with E-state index in [0.717, 1.165) is 12.5 Å². The Morgan fingerprint density at radius 3 is 2.84 bits per heavy atom. The molecule has 0 saturated carbocycles. The number of rotatable bonds is 4. The van der Waals surface area contributed by atoms with Crippen LogP contribution in [0.25, 0.3) is 0 Å². The van der Waals surface area contributed by atoms with Gasteiger partial charge in [0, 0.05) is 25.2 Å². The van der Waals surface area contributed by atoms with Gasteiger partial charge in [0.2, 0.25) is 0 Å². The molecule has 1 aromatic carbocycles. The number of halogens is 3. The number of carbonyl (C=O) groups is 1. The highest BCUT2D eigenvalue weighted by molar-refractivity contribution is 5.96. The summed E-state index contributed by atoms with van der Waals surface area (Å²) in [5.74, 6) is -0.413. The minimum Gasteiger partial charge on any atom is -0.406 e. The van der Waals surface area contributed by atoms with E-state index in [1.165, 1.54) is 18.2 Å². The molecule has 1 aliphatic rings. The molecule has 0 N–H and O–H groups in total. The summed E-state index contributed by atoms with van der Waals surface area (Å²) in [7, 11) is 0. The maximum Gasteiger partial charge on any atom is 0.573 e. The van der Waals surface area contributed by atoms with Crippen molar-refractivity contribution < 1.29 is 27.4 Å². The third-order valence-corrected chi connectivity index (χ3v) is 2.89. The van der Waals surface area contributed by atoms with E-state index < -0.39 is 6.36 Å². The lowest BCUT2D eigenvalue weighted by molar-refractivity contribution is -0.274. The van der Waals surface area contributed by atoms with Crippen LogP contribution in [0, 0.1) is 5.92 Å². The molecule has 104 valence electrons. The molecular formula is C13H13F3O3. The standard InChI is InChI=1S/C13H13F3O3/c14-13(15,16)19-11-3-1-2-10(7-11)12(17)6-9-4-5-18-8-9/h1-3,7,9H,4-6,8H2. The Labute approximate surface area is 108 Å². The van der Waals surface area contributed by atoms with E-state index in [9.17, 15) is 18.0 Å². The topological polar surface area (TPSA) is 35.5 Å². The van der Waals surface area contributed by atoms with Crippen LogP contribution < -0.4 is 4.74 Å². The lowest BCUT2D eigenvalue weighted by atomic mass is 9.98. The summed E-state index contributed by atoms with van der Waals surface area (Å²) < 4.78 is 45.2. The van der Waals surface area contributed by atoms with Crippen molar-refractivity contribution in [2.24, 2.45) is 5.92 Å². The van der Waals surface area contributed by atoms with Crippen LogP contribution >= 0.6 is 0 Å². The van der Waals surface area contributed by atoms with Crippen LogP contribution in [0.4, 0.5) is 13.2 Å². The minimum absolute atomic E-state index is 0.152. The molecule has 1 saturated heterocycles. The fourth-order valence-corrected chi connectivity index (χ4v) is 1.99. The van der Waals surface area contributed by atoms with Crippen molar-refractivity contribution in [2.45, 2.75) is 19.2 Å². The van der Waals surface area contributed by atoms with Gasteiger partial charge in [0.25, 0.3) is 0 Å². The first kappa shape index (κ1) is 13.9. The predicted molar refractivity (Wildman–Crippen MR) is 61.0 cm³/mol. The van der Waals surface area contributed by atoms with Gasteiger partial charge in [-0.1, -0.05) is 12.1 Å². The molecule has 0 aromatic heterocycles. The molecule has 1 fully saturated rings. The molecule has 1 heterocycles. The van der Waals surface area contributed by atoms with E-state index >= 15 is 0 Å². The molecule has 1 aliphatic heterocycles. The van der Waals surface area contributed by atoms with E-state index in [1.807, 2.05) is 0 Å². The Morgan fingerprint density at radius 1 is 1.42 bits per heavy atom. The Morgan fingerprint density at radius 2 is 2.21 bits per heavy atom. The number of hydrogen-bond acceptors (Lipinski definition) is 3. The van der Waals surface area contributed by atoms with Crippen molar-refractivity contribution in [2.75, 3.05) is 13.2 Å². The fraction of sp³-hybridized carbons (Fsp3) is 0.462. The Hall–Kier alpha value is -1.56. The summed E-state index contributed by atoms with van der Waals surface area (Å²) in [5.41, 5.74) is 0.230. The number of ether oxygens (including phenoxy) is 2. The molecule has 19 heavy (non-hydrogen) atoms. The maximum atomic E-state index is 12.1. The first-order valence-corrected chi connectivity index (χ1v) is 5.91. The van der Waals surface area contributed by atoms with Crippen molar-refractivity contribution in [3.8, 4) is 5.75 Å². The SMILES string of the molecule is O=C(CC1CCOC1)c1cccc(OC(F)(F)F)c1. The molecule has 2 rings (SSSR count). The smallest absolute Gasteiger partial charge is 0.406 e. The van der Waals surface area contributed by atoms with Crippen molar-refractivity contribution in [1.29, 1.82) is 0 Å². The van der Waals surface area contributed by atoms with E-state index in [4.69, 9.17) is 4.74 Å². The quantitative estimate of drug-likeness (QED) is 0.791. The molecule has 6 heteroatoms.